The van der Waals surface area contributed by atoms with Gasteiger partial charge in [0.2, 0.25) is 0 Å². The lowest BCUT2D eigenvalue weighted by Gasteiger charge is -2.12. The molecule has 0 bridgehead atoms. The monoisotopic (exact) mass is 500 g/mol. The number of rotatable bonds is 6. The van der Waals surface area contributed by atoms with Crippen LogP contribution in [-0.4, -0.2) is 28.8 Å². The fraction of sp³-hybridized carbons (Fsp3) is 0.0769. The number of methoxy groups -OCH3 is 2. The van der Waals surface area contributed by atoms with Crippen LogP contribution in [-0.2, 0) is 0 Å². The number of benzene rings is 3. The lowest BCUT2D eigenvalue weighted by atomic mass is 10.1. The highest BCUT2D eigenvalue weighted by Crippen LogP contribution is 2.37. The molecule has 164 valence electrons. The van der Waals surface area contributed by atoms with Crippen molar-refractivity contribution < 1.29 is 9.47 Å². The van der Waals surface area contributed by atoms with Crippen molar-refractivity contribution in [1.29, 1.82) is 0 Å². The largest absolute Gasteiger partial charge is 0.493 e. The van der Waals surface area contributed by atoms with Crippen molar-refractivity contribution >= 4 is 38.5 Å². The van der Waals surface area contributed by atoms with E-state index in [2.05, 4.69) is 66.2 Å². The molecular weight excluding hydrogens is 480 g/mol. The summed E-state index contributed by atoms with van der Waals surface area (Å²) in [6, 6.07) is 24.1. The molecule has 0 radical (unpaired) electrons. The van der Waals surface area contributed by atoms with Crippen molar-refractivity contribution in [3.63, 3.8) is 0 Å². The van der Waals surface area contributed by atoms with Crippen LogP contribution in [0.5, 0.6) is 11.5 Å². The number of ether oxygens (including phenoxy) is 2. The van der Waals surface area contributed by atoms with E-state index in [9.17, 15) is 0 Å². The third-order valence-corrected chi connectivity index (χ3v) is 5.95. The van der Waals surface area contributed by atoms with E-state index >= 15 is 0 Å². The predicted octanol–water partition coefficient (Wildman–Crippen LogP) is 6.61. The van der Waals surface area contributed by atoms with Gasteiger partial charge in [-0.05, 0) is 42.0 Å². The summed E-state index contributed by atoms with van der Waals surface area (Å²) in [5.74, 6) is 2.02. The molecule has 2 heterocycles. The molecule has 2 aromatic heterocycles. The van der Waals surface area contributed by atoms with E-state index in [1.807, 2.05) is 48.5 Å². The molecule has 0 unspecified atom stereocenters. The van der Waals surface area contributed by atoms with Gasteiger partial charge in [-0.1, -0.05) is 46.3 Å². The number of halogens is 1. The van der Waals surface area contributed by atoms with Gasteiger partial charge in [-0.2, -0.15) is 0 Å². The number of nitrogens with zero attached hydrogens (tertiary/aromatic N) is 3. The maximum Gasteiger partial charge on any atom is 0.162 e. The van der Waals surface area contributed by atoms with Crippen LogP contribution in [0.15, 0.2) is 89.8 Å². The number of hydrogen-bond donors (Lipinski definition) is 1. The number of aromatic nitrogens is 3. The Morgan fingerprint density at radius 2 is 1.61 bits per heavy atom. The van der Waals surface area contributed by atoms with Crippen molar-refractivity contribution in [1.82, 2.24) is 14.5 Å². The van der Waals surface area contributed by atoms with E-state index in [-0.39, 0.29) is 0 Å². The maximum atomic E-state index is 5.46. The van der Waals surface area contributed by atoms with Crippen molar-refractivity contribution in [2.75, 3.05) is 19.5 Å². The summed E-state index contributed by atoms with van der Waals surface area (Å²) in [6.45, 7) is 0. The Bertz CT molecular complexity index is 1420. The van der Waals surface area contributed by atoms with Gasteiger partial charge in [0, 0.05) is 33.7 Å². The minimum atomic E-state index is 0.642. The first-order chi connectivity index (χ1) is 16.2. The van der Waals surface area contributed by atoms with Crippen molar-refractivity contribution in [2.24, 2.45) is 0 Å². The second-order valence-corrected chi connectivity index (χ2v) is 8.29. The Labute approximate surface area is 200 Å². The van der Waals surface area contributed by atoms with Crippen LogP contribution in [0.4, 0.5) is 11.5 Å². The third kappa shape index (κ3) is 4.03. The van der Waals surface area contributed by atoms with Crippen molar-refractivity contribution in [2.45, 2.75) is 0 Å². The van der Waals surface area contributed by atoms with Gasteiger partial charge in [0.05, 0.1) is 19.6 Å². The summed E-state index contributed by atoms with van der Waals surface area (Å²) in [5.41, 5.74) is 4.79. The van der Waals surface area contributed by atoms with Crippen LogP contribution in [0, 0.1) is 0 Å². The molecule has 3 aromatic carbocycles. The summed E-state index contributed by atoms with van der Waals surface area (Å²) in [5, 5.41) is 4.38. The second kappa shape index (κ2) is 8.96. The first-order valence-corrected chi connectivity index (χ1v) is 11.1. The number of fused-ring (bicyclic) bond motifs is 1. The van der Waals surface area contributed by atoms with Gasteiger partial charge in [-0.15, -0.1) is 0 Å². The third-order valence-electron chi connectivity index (χ3n) is 5.42. The summed E-state index contributed by atoms with van der Waals surface area (Å²) < 4.78 is 13.9. The van der Waals surface area contributed by atoms with Gasteiger partial charge in [0.1, 0.15) is 12.1 Å². The Morgan fingerprint density at radius 1 is 0.848 bits per heavy atom. The summed E-state index contributed by atoms with van der Waals surface area (Å²) in [4.78, 5) is 9.24. The predicted molar refractivity (Wildman–Crippen MR) is 135 cm³/mol. The van der Waals surface area contributed by atoms with Gasteiger partial charge in [0.25, 0.3) is 0 Å². The van der Waals surface area contributed by atoms with Crippen LogP contribution in [0.3, 0.4) is 0 Å². The molecule has 33 heavy (non-hydrogen) atoms. The number of hydrogen-bond acceptors (Lipinski definition) is 5. The average molecular weight is 501 g/mol. The van der Waals surface area contributed by atoms with Crippen LogP contribution in [0.25, 0.3) is 27.8 Å². The van der Waals surface area contributed by atoms with Crippen molar-refractivity contribution in [3.8, 4) is 28.3 Å². The molecule has 5 aromatic rings. The first kappa shape index (κ1) is 21.0. The molecule has 7 heteroatoms. The molecule has 0 aliphatic rings. The minimum absolute atomic E-state index is 0.642. The Balaban J connectivity index is 1.69. The van der Waals surface area contributed by atoms with E-state index in [0.29, 0.717) is 17.3 Å². The van der Waals surface area contributed by atoms with Crippen molar-refractivity contribution in [3.05, 3.63) is 89.8 Å². The summed E-state index contributed by atoms with van der Waals surface area (Å²) in [6.07, 6.45) is 3.69. The van der Waals surface area contributed by atoms with E-state index in [4.69, 9.17) is 9.47 Å². The summed E-state index contributed by atoms with van der Waals surface area (Å²) in [7, 11) is 3.24. The molecule has 0 aliphatic carbocycles. The first-order valence-electron chi connectivity index (χ1n) is 10.3. The smallest absolute Gasteiger partial charge is 0.162 e. The molecule has 6 nitrogen and oxygen atoms in total. The number of nitrogens with one attached hydrogen (secondary N) is 1. The minimum Gasteiger partial charge on any atom is -0.493 e. The fourth-order valence-corrected chi connectivity index (χ4v) is 4.11. The Hall–Kier alpha value is -3.84. The average Bonchev–Trinajstić information content (AvgIpc) is 3.26. The molecular formula is C26H21BrN4O2. The zero-order valence-electron chi connectivity index (χ0n) is 18.1. The molecule has 5 rings (SSSR count). The summed E-state index contributed by atoms with van der Waals surface area (Å²) >= 11 is 3.52. The quantitative estimate of drug-likeness (QED) is 0.284. The highest BCUT2D eigenvalue weighted by Gasteiger charge is 2.18. The van der Waals surface area contributed by atoms with Crippen LogP contribution in [0.1, 0.15) is 0 Å². The van der Waals surface area contributed by atoms with Crippen LogP contribution >= 0.6 is 15.9 Å². The van der Waals surface area contributed by atoms with Crippen LogP contribution < -0.4 is 14.8 Å². The lowest BCUT2D eigenvalue weighted by Crippen LogP contribution is -1.99. The molecule has 0 amide bonds. The normalized spacial score (nSPS) is 10.9. The standard InChI is InChI=1S/C26H21BrN4O2/c1-32-22-13-10-19(14-23(22)33-2)30-25-24-21(17-6-4-3-5-7-17)15-31(26(24)29-16-28-25)20-11-8-18(27)9-12-20/h3-16H,1-2H3,(H,28,29,30). The second-order valence-electron chi connectivity index (χ2n) is 7.37. The topological polar surface area (TPSA) is 61.2 Å². The fourth-order valence-electron chi connectivity index (χ4n) is 3.84. The zero-order chi connectivity index (χ0) is 22.8. The van der Waals surface area contributed by atoms with Gasteiger partial charge in [-0.3, -0.25) is 0 Å². The molecule has 0 saturated heterocycles. The van der Waals surface area contributed by atoms with Gasteiger partial charge < -0.3 is 19.4 Å². The van der Waals surface area contributed by atoms with Gasteiger partial charge in [0.15, 0.2) is 17.1 Å². The molecule has 0 fully saturated rings. The van der Waals surface area contributed by atoms with Gasteiger partial charge in [-0.25, -0.2) is 9.97 Å². The molecule has 0 atom stereocenters. The lowest BCUT2D eigenvalue weighted by molar-refractivity contribution is 0.355. The highest BCUT2D eigenvalue weighted by atomic mass is 79.9. The van der Waals surface area contributed by atoms with E-state index in [0.717, 1.165) is 38.0 Å². The van der Waals surface area contributed by atoms with E-state index in [1.165, 1.54) is 0 Å². The molecule has 0 spiro atoms. The van der Waals surface area contributed by atoms with E-state index < -0.39 is 0 Å². The SMILES string of the molecule is COc1ccc(Nc2ncnc3c2c(-c2ccccc2)cn3-c2ccc(Br)cc2)cc1OC. The number of anilines is 2. The van der Waals surface area contributed by atoms with E-state index in [1.54, 1.807) is 20.5 Å². The Morgan fingerprint density at radius 3 is 2.33 bits per heavy atom. The maximum absolute atomic E-state index is 5.46. The molecule has 0 saturated carbocycles. The molecule has 0 aliphatic heterocycles. The Kier molecular flexibility index (Phi) is 5.71. The van der Waals surface area contributed by atoms with Gasteiger partial charge >= 0.3 is 0 Å². The molecule has 1 N–H and O–H groups in total. The zero-order valence-corrected chi connectivity index (χ0v) is 19.7. The van der Waals surface area contributed by atoms with Crippen LogP contribution in [0.2, 0.25) is 0 Å². The highest BCUT2D eigenvalue weighted by molar-refractivity contribution is 9.10.